The SMILES string of the molecule is Cc1ccc(COc2ccccc2C(F)(F)F)c(O)c1. The number of rotatable bonds is 3. The molecule has 2 aromatic rings. The van der Waals surface area contributed by atoms with Gasteiger partial charge in [-0.15, -0.1) is 0 Å². The molecule has 0 amide bonds. The lowest BCUT2D eigenvalue weighted by atomic mass is 10.1. The van der Waals surface area contributed by atoms with Gasteiger partial charge >= 0.3 is 6.18 Å². The van der Waals surface area contributed by atoms with E-state index < -0.39 is 11.7 Å². The highest BCUT2D eigenvalue weighted by atomic mass is 19.4. The highest BCUT2D eigenvalue weighted by Crippen LogP contribution is 2.36. The summed E-state index contributed by atoms with van der Waals surface area (Å²) < 4.78 is 43.5. The van der Waals surface area contributed by atoms with Gasteiger partial charge in [0.25, 0.3) is 0 Å². The van der Waals surface area contributed by atoms with Crippen molar-refractivity contribution in [2.45, 2.75) is 19.7 Å². The lowest BCUT2D eigenvalue weighted by Gasteiger charge is -2.14. The standard InChI is InChI=1S/C15H13F3O2/c1-10-6-7-11(13(19)8-10)9-20-14-5-3-2-4-12(14)15(16,17)18/h2-8,19H,9H2,1H3. The van der Waals surface area contributed by atoms with Crippen molar-refractivity contribution >= 4 is 0 Å². The van der Waals surface area contributed by atoms with E-state index in [1.165, 1.54) is 24.3 Å². The van der Waals surface area contributed by atoms with Gasteiger partial charge in [-0.3, -0.25) is 0 Å². The van der Waals surface area contributed by atoms with Gasteiger partial charge in [-0.1, -0.05) is 24.3 Å². The average Bonchev–Trinajstić information content (AvgIpc) is 2.37. The number of para-hydroxylation sites is 1. The molecule has 5 heteroatoms. The van der Waals surface area contributed by atoms with Crippen LogP contribution in [-0.2, 0) is 12.8 Å². The van der Waals surface area contributed by atoms with Crippen LogP contribution in [-0.4, -0.2) is 5.11 Å². The molecule has 20 heavy (non-hydrogen) atoms. The fraction of sp³-hybridized carbons (Fsp3) is 0.200. The number of aromatic hydroxyl groups is 1. The molecule has 2 aromatic carbocycles. The minimum absolute atomic E-state index is 0.00879. The Morgan fingerprint density at radius 3 is 2.45 bits per heavy atom. The quantitative estimate of drug-likeness (QED) is 0.909. The predicted molar refractivity (Wildman–Crippen MR) is 68.6 cm³/mol. The second kappa shape index (κ2) is 5.45. The molecule has 2 rings (SSSR count). The Hall–Kier alpha value is -2.17. The van der Waals surface area contributed by atoms with E-state index in [4.69, 9.17) is 4.74 Å². The molecule has 0 saturated carbocycles. The first-order valence-corrected chi connectivity index (χ1v) is 5.95. The Labute approximate surface area is 114 Å². The van der Waals surface area contributed by atoms with E-state index in [0.29, 0.717) is 5.56 Å². The molecule has 0 saturated heterocycles. The average molecular weight is 282 g/mol. The van der Waals surface area contributed by atoms with E-state index in [0.717, 1.165) is 11.6 Å². The number of aryl methyl sites for hydroxylation is 1. The number of phenolic OH excluding ortho intramolecular Hbond substituents is 1. The summed E-state index contributed by atoms with van der Waals surface area (Å²) in [6.07, 6.45) is -4.47. The molecule has 0 fully saturated rings. The van der Waals surface area contributed by atoms with Crippen molar-refractivity contribution in [2.24, 2.45) is 0 Å². The zero-order chi connectivity index (χ0) is 14.8. The first-order chi connectivity index (χ1) is 9.38. The summed E-state index contributed by atoms with van der Waals surface area (Å²) in [5, 5.41) is 9.70. The summed E-state index contributed by atoms with van der Waals surface area (Å²) >= 11 is 0. The van der Waals surface area contributed by atoms with Gasteiger partial charge in [-0.2, -0.15) is 13.2 Å². The Morgan fingerprint density at radius 2 is 1.80 bits per heavy atom. The highest BCUT2D eigenvalue weighted by molar-refractivity contribution is 5.38. The second-order valence-corrected chi connectivity index (χ2v) is 4.41. The monoisotopic (exact) mass is 282 g/mol. The van der Waals surface area contributed by atoms with E-state index in [9.17, 15) is 18.3 Å². The highest BCUT2D eigenvalue weighted by Gasteiger charge is 2.34. The zero-order valence-corrected chi connectivity index (χ0v) is 10.7. The molecule has 0 aliphatic rings. The summed E-state index contributed by atoms with van der Waals surface area (Å²) in [7, 11) is 0. The zero-order valence-electron chi connectivity index (χ0n) is 10.7. The number of phenols is 1. The normalized spacial score (nSPS) is 11.4. The largest absolute Gasteiger partial charge is 0.508 e. The van der Waals surface area contributed by atoms with Gasteiger partial charge in [0.1, 0.15) is 18.1 Å². The van der Waals surface area contributed by atoms with Gasteiger partial charge in [-0.05, 0) is 30.7 Å². The number of halogens is 3. The van der Waals surface area contributed by atoms with Crippen LogP contribution < -0.4 is 4.74 Å². The Bertz CT molecular complexity index is 606. The lowest BCUT2D eigenvalue weighted by Crippen LogP contribution is -2.08. The second-order valence-electron chi connectivity index (χ2n) is 4.41. The lowest BCUT2D eigenvalue weighted by molar-refractivity contribution is -0.139. The van der Waals surface area contributed by atoms with Crippen LogP contribution in [0.2, 0.25) is 0 Å². The van der Waals surface area contributed by atoms with Crippen LogP contribution in [0.5, 0.6) is 11.5 Å². The molecular weight excluding hydrogens is 269 g/mol. The van der Waals surface area contributed by atoms with Crippen molar-refractivity contribution in [3.8, 4) is 11.5 Å². The van der Waals surface area contributed by atoms with E-state index in [1.54, 1.807) is 12.1 Å². The minimum Gasteiger partial charge on any atom is -0.508 e. The first kappa shape index (κ1) is 14.2. The van der Waals surface area contributed by atoms with Crippen LogP contribution in [0.25, 0.3) is 0 Å². The number of hydrogen-bond acceptors (Lipinski definition) is 2. The van der Waals surface area contributed by atoms with Crippen LogP contribution in [0.15, 0.2) is 42.5 Å². The van der Waals surface area contributed by atoms with Gasteiger partial charge in [0.15, 0.2) is 0 Å². The number of hydrogen-bond donors (Lipinski definition) is 1. The topological polar surface area (TPSA) is 29.5 Å². The van der Waals surface area contributed by atoms with E-state index >= 15 is 0 Å². The number of alkyl halides is 3. The number of ether oxygens (including phenoxy) is 1. The summed E-state index contributed by atoms with van der Waals surface area (Å²) in [6.45, 7) is 1.68. The van der Waals surface area contributed by atoms with Crippen molar-refractivity contribution in [2.75, 3.05) is 0 Å². The van der Waals surface area contributed by atoms with E-state index in [-0.39, 0.29) is 18.1 Å². The van der Waals surface area contributed by atoms with Crippen molar-refractivity contribution in [3.63, 3.8) is 0 Å². The van der Waals surface area contributed by atoms with Gasteiger partial charge < -0.3 is 9.84 Å². The first-order valence-electron chi connectivity index (χ1n) is 5.95. The molecule has 0 aliphatic carbocycles. The third kappa shape index (κ3) is 3.23. The Balaban J connectivity index is 2.19. The fourth-order valence-electron chi connectivity index (χ4n) is 1.78. The molecule has 0 spiro atoms. The summed E-state index contributed by atoms with van der Waals surface area (Å²) in [4.78, 5) is 0. The molecule has 0 aliphatic heterocycles. The van der Waals surface area contributed by atoms with Crippen molar-refractivity contribution in [3.05, 3.63) is 59.2 Å². The third-order valence-corrected chi connectivity index (χ3v) is 2.82. The van der Waals surface area contributed by atoms with Gasteiger partial charge in [-0.25, -0.2) is 0 Å². The van der Waals surface area contributed by atoms with Gasteiger partial charge in [0.05, 0.1) is 5.56 Å². The molecule has 0 bridgehead atoms. The minimum atomic E-state index is -4.47. The number of benzene rings is 2. The van der Waals surface area contributed by atoms with Crippen LogP contribution >= 0.6 is 0 Å². The van der Waals surface area contributed by atoms with Crippen LogP contribution in [0.3, 0.4) is 0 Å². The van der Waals surface area contributed by atoms with Crippen LogP contribution in [0.4, 0.5) is 13.2 Å². The maximum atomic E-state index is 12.8. The van der Waals surface area contributed by atoms with Crippen molar-refractivity contribution < 1.29 is 23.0 Å². The maximum absolute atomic E-state index is 12.8. The summed E-state index contributed by atoms with van der Waals surface area (Å²) in [5.74, 6) is -0.241. The van der Waals surface area contributed by atoms with Crippen LogP contribution in [0, 0.1) is 6.92 Å². The summed E-state index contributed by atoms with van der Waals surface area (Å²) in [6, 6.07) is 9.92. The predicted octanol–water partition coefficient (Wildman–Crippen LogP) is 4.30. The van der Waals surface area contributed by atoms with Gasteiger partial charge in [0, 0.05) is 5.56 Å². The van der Waals surface area contributed by atoms with Crippen LogP contribution in [0.1, 0.15) is 16.7 Å². The van der Waals surface area contributed by atoms with E-state index in [1.807, 2.05) is 6.92 Å². The summed E-state index contributed by atoms with van der Waals surface area (Å²) in [5.41, 5.74) is 0.473. The third-order valence-electron chi connectivity index (χ3n) is 2.82. The Morgan fingerprint density at radius 1 is 1.10 bits per heavy atom. The van der Waals surface area contributed by atoms with E-state index in [2.05, 4.69) is 0 Å². The molecule has 2 nitrogen and oxygen atoms in total. The molecule has 0 unspecified atom stereocenters. The molecular formula is C15H13F3O2. The molecule has 0 radical (unpaired) electrons. The molecule has 106 valence electrons. The fourth-order valence-corrected chi connectivity index (χ4v) is 1.78. The molecule has 0 aromatic heterocycles. The van der Waals surface area contributed by atoms with Gasteiger partial charge in [0.2, 0.25) is 0 Å². The van der Waals surface area contributed by atoms with Crippen molar-refractivity contribution in [1.82, 2.24) is 0 Å². The van der Waals surface area contributed by atoms with Crippen molar-refractivity contribution in [1.29, 1.82) is 0 Å². The molecule has 0 heterocycles. The smallest absolute Gasteiger partial charge is 0.419 e. The molecule has 1 N–H and O–H groups in total. The molecule has 0 atom stereocenters. The maximum Gasteiger partial charge on any atom is 0.419 e. The Kier molecular flexibility index (Phi) is 3.88.